The van der Waals surface area contributed by atoms with Crippen molar-refractivity contribution in [1.82, 2.24) is 10.2 Å². The normalized spacial score (nSPS) is 14.8. The average Bonchev–Trinajstić information content (AvgIpc) is 3.17. The SMILES string of the molecule is C=CCCC(N)C1Sc2cc(OC)ccc2N1C.CNCCN(C)C.O=Cc1cccc(S)c1. The molecule has 2 aromatic rings. The van der Waals surface area contributed by atoms with Crippen LogP contribution in [0.5, 0.6) is 5.75 Å². The number of rotatable bonds is 9. The van der Waals surface area contributed by atoms with Gasteiger partial charge in [0.25, 0.3) is 0 Å². The third kappa shape index (κ3) is 10.5. The minimum atomic E-state index is 0.149. The molecule has 1 aliphatic heterocycles. The first-order chi connectivity index (χ1) is 16.3. The number of aldehydes is 1. The lowest BCUT2D eigenvalue weighted by molar-refractivity contribution is 0.112. The molecule has 3 N–H and O–H groups in total. The molecule has 0 aliphatic carbocycles. The fourth-order valence-corrected chi connectivity index (χ4v) is 4.71. The molecule has 0 amide bonds. The van der Waals surface area contributed by atoms with Gasteiger partial charge in [-0.25, -0.2) is 0 Å². The van der Waals surface area contributed by atoms with Gasteiger partial charge in [0.15, 0.2) is 0 Å². The van der Waals surface area contributed by atoms with E-state index in [0.29, 0.717) is 10.9 Å². The summed E-state index contributed by atoms with van der Waals surface area (Å²) in [7, 11) is 9.89. The van der Waals surface area contributed by atoms with Crippen LogP contribution < -0.4 is 20.7 Å². The predicted octanol–water partition coefficient (Wildman–Crippen LogP) is 4.41. The lowest BCUT2D eigenvalue weighted by Crippen LogP contribution is -2.41. The summed E-state index contributed by atoms with van der Waals surface area (Å²) in [6.07, 6.45) is 4.66. The lowest BCUT2D eigenvalue weighted by atomic mass is 10.1. The van der Waals surface area contributed by atoms with Gasteiger partial charge in [-0.2, -0.15) is 0 Å². The molecule has 0 fully saturated rings. The van der Waals surface area contributed by atoms with Gasteiger partial charge in [0.1, 0.15) is 12.0 Å². The first-order valence-corrected chi connectivity index (χ1v) is 12.6. The van der Waals surface area contributed by atoms with Gasteiger partial charge in [-0.1, -0.05) is 30.0 Å². The summed E-state index contributed by atoms with van der Waals surface area (Å²) in [5, 5.41) is 3.36. The number of benzene rings is 2. The van der Waals surface area contributed by atoms with E-state index in [1.807, 2.05) is 37.0 Å². The van der Waals surface area contributed by atoms with Crippen LogP contribution >= 0.6 is 24.4 Å². The quantitative estimate of drug-likeness (QED) is 0.265. The number of hydrogen-bond acceptors (Lipinski definition) is 8. The third-order valence-electron chi connectivity index (χ3n) is 5.06. The van der Waals surface area contributed by atoms with Gasteiger partial charge in [-0.15, -0.1) is 19.2 Å². The fraction of sp³-hybridized carbons (Fsp3) is 0.423. The third-order valence-corrected chi connectivity index (χ3v) is 6.83. The van der Waals surface area contributed by atoms with Crippen molar-refractivity contribution in [3.05, 3.63) is 60.7 Å². The van der Waals surface area contributed by atoms with Crippen LogP contribution in [0.15, 0.2) is 64.9 Å². The van der Waals surface area contributed by atoms with E-state index >= 15 is 0 Å². The molecule has 1 heterocycles. The number of ether oxygens (including phenoxy) is 1. The standard InChI is InChI=1S/C14H20N2OS.C7H6OS.C5H14N2/c1-4-5-6-11(15)14-16(2)12-8-7-10(17-3)9-13(12)18-14;8-5-6-2-1-3-7(9)4-6;1-6-4-5-7(2)3/h4,7-9,11,14H,1,5-6,15H2,2-3H3;1-5,9H;6H,4-5H2,1-3H3. The molecule has 188 valence electrons. The molecule has 34 heavy (non-hydrogen) atoms. The number of nitrogens with zero attached hydrogens (tertiary/aromatic N) is 2. The van der Waals surface area contributed by atoms with Crippen LogP contribution in [0.3, 0.4) is 0 Å². The van der Waals surface area contributed by atoms with E-state index in [0.717, 1.165) is 42.9 Å². The number of carbonyl (C=O) groups excluding carboxylic acids is 1. The highest BCUT2D eigenvalue weighted by molar-refractivity contribution is 8.00. The number of allylic oxidation sites excluding steroid dienone is 1. The Balaban J connectivity index is 0.000000301. The summed E-state index contributed by atoms with van der Waals surface area (Å²) >= 11 is 5.87. The topological polar surface area (TPSA) is 70.8 Å². The highest BCUT2D eigenvalue weighted by atomic mass is 32.2. The second-order valence-electron chi connectivity index (χ2n) is 8.10. The second-order valence-corrected chi connectivity index (χ2v) is 9.78. The average molecular weight is 505 g/mol. The van der Waals surface area contributed by atoms with Crippen molar-refractivity contribution in [3.63, 3.8) is 0 Å². The summed E-state index contributed by atoms with van der Waals surface area (Å²) in [6, 6.07) is 13.4. The number of nitrogens with one attached hydrogen (secondary N) is 1. The molecule has 8 heteroatoms. The number of thiol groups is 1. The molecular formula is C26H40N4O2S2. The molecule has 6 nitrogen and oxygen atoms in total. The number of carbonyl (C=O) groups is 1. The molecule has 3 rings (SSSR count). The Kier molecular flexibility index (Phi) is 14.7. The van der Waals surface area contributed by atoms with E-state index < -0.39 is 0 Å². The molecule has 0 saturated heterocycles. The maximum Gasteiger partial charge on any atom is 0.150 e. The number of methoxy groups -OCH3 is 1. The van der Waals surface area contributed by atoms with Crippen LogP contribution in [0.1, 0.15) is 23.2 Å². The number of hydrogen-bond donors (Lipinski definition) is 3. The van der Waals surface area contributed by atoms with Crippen molar-refractivity contribution in [3.8, 4) is 5.75 Å². The minimum Gasteiger partial charge on any atom is -0.497 e. The molecule has 2 aromatic carbocycles. The minimum absolute atomic E-state index is 0.149. The molecule has 2 atom stereocenters. The van der Waals surface area contributed by atoms with Crippen LogP contribution in [0, 0.1) is 0 Å². The summed E-state index contributed by atoms with van der Waals surface area (Å²) in [5.41, 5.74) is 8.17. The van der Waals surface area contributed by atoms with Crippen LogP contribution in [-0.2, 0) is 0 Å². The van der Waals surface area contributed by atoms with Crippen molar-refractivity contribution in [2.24, 2.45) is 5.73 Å². The van der Waals surface area contributed by atoms with E-state index in [1.165, 1.54) is 10.6 Å². The largest absolute Gasteiger partial charge is 0.497 e. The monoisotopic (exact) mass is 504 g/mol. The summed E-state index contributed by atoms with van der Waals surface area (Å²) in [4.78, 5) is 16.6. The first kappa shape index (κ1) is 30.1. The summed E-state index contributed by atoms with van der Waals surface area (Å²) in [6.45, 7) is 5.95. The Morgan fingerprint density at radius 2 is 2.06 bits per heavy atom. The number of thioether (sulfide) groups is 1. The zero-order valence-electron chi connectivity index (χ0n) is 21.0. The number of anilines is 1. The van der Waals surface area contributed by atoms with Crippen molar-refractivity contribution >= 4 is 36.4 Å². The van der Waals surface area contributed by atoms with Gasteiger partial charge in [0, 0.05) is 41.5 Å². The smallest absolute Gasteiger partial charge is 0.150 e. The van der Waals surface area contributed by atoms with Gasteiger partial charge < -0.3 is 25.6 Å². The Hall–Kier alpha value is -1.97. The fourth-order valence-electron chi connectivity index (χ4n) is 3.11. The molecule has 0 saturated carbocycles. The Labute approximate surface area is 215 Å². The van der Waals surface area contributed by atoms with Crippen LogP contribution in [-0.4, -0.2) is 71.0 Å². The van der Waals surface area contributed by atoms with E-state index in [2.05, 4.69) is 67.6 Å². The predicted molar refractivity (Wildman–Crippen MR) is 150 cm³/mol. The van der Waals surface area contributed by atoms with Crippen LogP contribution in [0.4, 0.5) is 5.69 Å². The van der Waals surface area contributed by atoms with Gasteiger partial charge in [-0.3, -0.25) is 4.79 Å². The molecule has 1 aliphatic rings. The maximum absolute atomic E-state index is 10.1. The van der Waals surface area contributed by atoms with E-state index in [4.69, 9.17) is 10.5 Å². The first-order valence-electron chi connectivity index (χ1n) is 11.2. The highest BCUT2D eigenvalue weighted by Crippen LogP contribution is 2.45. The Bertz CT molecular complexity index is 880. The van der Waals surface area contributed by atoms with E-state index in [-0.39, 0.29) is 6.04 Å². The van der Waals surface area contributed by atoms with E-state index in [1.54, 1.807) is 25.3 Å². The Morgan fingerprint density at radius 3 is 2.56 bits per heavy atom. The van der Waals surface area contributed by atoms with Crippen molar-refractivity contribution in [2.45, 2.75) is 34.0 Å². The molecule has 0 spiro atoms. The molecule has 0 radical (unpaired) electrons. The summed E-state index contributed by atoms with van der Waals surface area (Å²) in [5.74, 6) is 0.898. The highest BCUT2D eigenvalue weighted by Gasteiger charge is 2.31. The van der Waals surface area contributed by atoms with Gasteiger partial charge in [0.2, 0.25) is 0 Å². The number of likely N-dealkylation sites (N-methyl/N-ethyl adjacent to an activating group) is 3. The number of fused-ring (bicyclic) bond motifs is 1. The van der Waals surface area contributed by atoms with Gasteiger partial charge in [0.05, 0.1) is 18.2 Å². The van der Waals surface area contributed by atoms with Crippen molar-refractivity contribution < 1.29 is 9.53 Å². The van der Waals surface area contributed by atoms with Crippen molar-refractivity contribution in [2.75, 3.05) is 53.3 Å². The van der Waals surface area contributed by atoms with Crippen molar-refractivity contribution in [1.29, 1.82) is 0 Å². The Morgan fingerprint density at radius 1 is 1.32 bits per heavy atom. The second kappa shape index (κ2) is 16.6. The molecule has 2 unspecified atom stereocenters. The van der Waals surface area contributed by atoms with Crippen LogP contribution in [0.2, 0.25) is 0 Å². The molecular weight excluding hydrogens is 464 g/mol. The van der Waals surface area contributed by atoms with Gasteiger partial charge >= 0.3 is 0 Å². The lowest BCUT2D eigenvalue weighted by Gasteiger charge is -2.26. The van der Waals surface area contributed by atoms with E-state index in [9.17, 15) is 4.79 Å². The maximum atomic E-state index is 10.1. The molecule has 0 bridgehead atoms. The zero-order valence-corrected chi connectivity index (χ0v) is 22.7. The summed E-state index contributed by atoms with van der Waals surface area (Å²) < 4.78 is 5.26. The van der Waals surface area contributed by atoms with Gasteiger partial charge in [-0.05, 0) is 64.3 Å². The zero-order chi connectivity index (χ0) is 25.5. The van der Waals surface area contributed by atoms with Crippen LogP contribution in [0.25, 0.3) is 0 Å². The molecule has 0 aromatic heterocycles. The number of nitrogens with two attached hydrogens (primary N) is 1.